The number of aromatic nitrogens is 1. The molecule has 7 heteroatoms. The van der Waals surface area contributed by atoms with Crippen molar-refractivity contribution in [2.45, 2.75) is 38.9 Å². The van der Waals surface area contributed by atoms with Gasteiger partial charge in [0, 0.05) is 11.8 Å². The van der Waals surface area contributed by atoms with Gasteiger partial charge in [-0.2, -0.15) is 0 Å². The van der Waals surface area contributed by atoms with Crippen LogP contribution in [0.2, 0.25) is 0 Å². The zero-order valence-electron chi connectivity index (χ0n) is 12.5. The van der Waals surface area contributed by atoms with E-state index in [-0.39, 0.29) is 16.7 Å². The molecule has 0 aliphatic carbocycles. The first-order valence-electron chi connectivity index (χ1n) is 6.62. The first-order chi connectivity index (χ1) is 9.62. The van der Waals surface area contributed by atoms with Crippen LogP contribution in [0.5, 0.6) is 0 Å². The van der Waals surface area contributed by atoms with E-state index in [9.17, 15) is 9.59 Å². The topological polar surface area (TPSA) is 88.6 Å². The molecule has 0 amide bonds. The highest BCUT2D eigenvalue weighted by Gasteiger charge is 2.50. The van der Waals surface area contributed by atoms with Crippen molar-refractivity contribution in [3.63, 3.8) is 0 Å². The van der Waals surface area contributed by atoms with E-state index in [1.165, 1.54) is 12.1 Å². The molecule has 6 nitrogen and oxygen atoms in total. The number of hydrogen-bond acceptors (Lipinski definition) is 4. The lowest BCUT2D eigenvalue weighted by Gasteiger charge is -2.32. The average molecular weight is 291 g/mol. The van der Waals surface area contributed by atoms with Crippen LogP contribution in [0.15, 0.2) is 23.0 Å². The minimum atomic E-state index is -1.10. The van der Waals surface area contributed by atoms with Crippen molar-refractivity contribution in [1.82, 2.24) is 4.98 Å². The molecule has 1 saturated heterocycles. The van der Waals surface area contributed by atoms with Crippen LogP contribution in [0.3, 0.4) is 0 Å². The fourth-order valence-corrected chi connectivity index (χ4v) is 1.90. The van der Waals surface area contributed by atoms with Crippen LogP contribution in [0.4, 0.5) is 0 Å². The first kappa shape index (κ1) is 15.5. The Kier molecular flexibility index (Phi) is 3.82. The van der Waals surface area contributed by atoms with Gasteiger partial charge in [-0.1, -0.05) is 12.1 Å². The summed E-state index contributed by atoms with van der Waals surface area (Å²) in [5.74, 6) is 0.503. The molecule has 1 aliphatic heterocycles. The molecule has 2 N–H and O–H groups in total. The van der Waals surface area contributed by atoms with Gasteiger partial charge in [-0.05, 0) is 33.8 Å². The summed E-state index contributed by atoms with van der Waals surface area (Å²) < 4.78 is 11.5. The Morgan fingerprint density at radius 2 is 1.86 bits per heavy atom. The second kappa shape index (κ2) is 5.16. The van der Waals surface area contributed by atoms with Gasteiger partial charge in [0.1, 0.15) is 0 Å². The van der Waals surface area contributed by atoms with Gasteiger partial charge in [0.2, 0.25) is 0 Å². The molecule has 1 aromatic rings. The van der Waals surface area contributed by atoms with Gasteiger partial charge in [-0.15, -0.1) is 0 Å². The number of carboxylic acids is 1. The summed E-state index contributed by atoms with van der Waals surface area (Å²) in [7, 11) is -0.581. The van der Waals surface area contributed by atoms with Gasteiger partial charge in [0.05, 0.1) is 16.8 Å². The predicted molar refractivity (Wildman–Crippen MR) is 79.1 cm³/mol. The molecule has 0 radical (unpaired) electrons. The molecule has 112 valence electrons. The van der Waals surface area contributed by atoms with E-state index in [4.69, 9.17) is 14.4 Å². The van der Waals surface area contributed by atoms with Gasteiger partial charge in [0.15, 0.2) is 0 Å². The number of nitrogens with one attached hydrogen (secondary N) is 1. The lowest BCUT2D eigenvalue weighted by molar-refractivity contribution is 0.00578. The van der Waals surface area contributed by atoms with E-state index >= 15 is 0 Å². The second-order valence-corrected chi connectivity index (χ2v) is 5.96. The third-order valence-electron chi connectivity index (χ3n) is 3.88. The molecule has 0 aromatic carbocycles. The largest absolute Gasteiger partial charge is 0.487 e. The molecule has 2 rings (SSSR count). The van der Waals surface area contributed by atoms with Crippen molar-refractivity contribution >= 4 is 19.2 Å². The highest BCUT2D eigenvalue weighted by atomic mass is 16.7. The van der Waals surface area contributed by atoms with Crippen LogP contribution in [-0.2, 0) is 9.31 Å². The van der Waals surface area contributed by atoms with Crippen molar-refractivity contribution in [3.05, 3.63) is 39.7 Å². The number of hydrogen-bond donors (Lipinski definition) is 2. The quantitative estimate of drug-likeness (QED) is 0.828. The summed E-state index contributed by atoms with van der Waals surface area (Å²) in [4.78, 5) is 25.0. The number of H-pyrrole nitrogens is 1. The van der Waals surface area contributed by atoms with E-state index in [0.29, 0.717) is 0 Å². The smallest absolute Gasteiger partial charge is 0.478 e. The Hall–Kier alpha value is -1.86. The minimum absolute atomic E-state index is 0.0168. The van der Waals surface area contributed by atoms with E-state index in [2.05, 4.69) is 4.98 Å². The zero-order chi connectivity index (χ0) is 15.8. The van der Waals surface area contributed by atoms with Crippen molar-refractivity contribution < 1.29 is 19.2 Å². The SMILES string of the molecule is CC1(C)OB(/C=C/c2cc(C(=O)O)c[nH]c2=O)OC1(C)C. The Morgan fingerprint density at radius 3 is 2.38 bits per heavy atom. The number of aromatic amines is 1. The number of aromatic carboxylic acids is 1. The van der Waals surface area contributed by atoms with Crippen LogP contribution in [-0.4, -0.2) is 34.4 Å². The van der Waals surface area contributed by atoms with E-state index in [1.54, 1.807) is 5.98 Å². The lowest BCUT2D eigenvalue weighted by atomic mass is 9.89. The van der Waals surface area contributed by atoms with E-state index < -0.39 is 24.3 Å². The molecule has 2 heterocycles. The number of pyridine rings is 1. The lowest BCUT2D eigenvalue weighted by Crippen LogP contribution is -2.41. The third kappa shape index (κ3) is 3.09. The molecule has 0 saturated carbocycles. The van der Waals surface area contributed by atoms with Crippen LogP contribution in [0, 0.1) is 0 Å². The fraction of sp³-hybridized carbons (Fsp3) is 0.429. The molecule has 0 atom stereocenters. The summed E-state index contributed by atoms with van der Waals surface area (Å²) in [6, 6.07) is 1.31. The van der Waals surface area contributed by atoms with Crippen molar-refractivity contribution in [2.75, 3.05) is 0 Å². The molecular formula is C14H18BNO5. The van der Waals surface area contributed by atoms with Gasteiger partial charge >= 0.3 is 13.1 Å². The maximum atomic E-state index is 11.7. The van der Waals surface area contributed by atoms with Crippen LogP contribution in [0.1, 0.15) is 43.6 Å². The van der Waals surface area contributed by atoms with Crippen molar-refractivity contribution in [2.24, 2.45) is 0 Å². The molecule has 0 bridgehead atoms. The highest BCUT2D eigenvalue weighted by Crippen LogP contribution is 2.36. The molecular weight excluding hydrogens is 273 g/mol. The molecule has 1 fully saturated rings. The first-order valence-corrected chi connectivity index (χ1v) is 6.62. The minimum Gasteiger partial charge on any atom is -0.478 e. The van der Waals surface area contributed by atoms with Crippen molar-refractivity contribution in [3.8, 4) is 0 Å². The summed E-state index contributed by atoms with van der Waals surface area (Å²) >= 11 is 0. The highest BCUT2D eigenvalue weighted by molar-refractivity contribution is 6.52. The third-order valence-corrected chi connectivity index (χ3v) is 3.88. The zero-order valence-corrected chi connectivity index (χ0v) is 12.5. The maximum absolute atomic E-state index is 11.7. The molecule has 1 aromatic heterocycles. The standard InChI is InChI=1S/C14H18BNO5/c1-13(2)14(3,4)21-15(20-13)6-5-9-7-10(12(18)19)8-16-11(9)17/h5-8H,1-4H3,(H,16,17)(H,18,19)/b6-5+. The summed E-state index contributed by atoms with van der Waals surface area (Å²) in [5, 5.41) is 8.92. The van der Waals surface area contributed by atoms with E-state index in [1.807, 2.05) is 27.7 Å². The summed E-state index contributed by atoms with van der Waals surface area (Å²) in [5.41, 5.74) is -1.03. The monoisotopic (exact) mass is 291 g/mol. The number of carbonyl (C=O) groups is 1. The van der Waals surface area contributed by atoms with Gasteiger partial charge in [0.25, 0.3) is 5.56 Å². The number of rotatable bonds is 3. The van der Waals surface area contributed by atoms with Gasteiger partial charge < -0.3 is 19.4 Å². The normalized spacial score (nSPS) is 20.1. The predicted octanol–water partition coefficient (Wildman–Crippen LogP) is 1.72. The Balaban J connectivity index is 2.22. The molecule has 0 spiro atoms. The second-order valence-electron chi connectivity index (χ2n) is 5.96. The summed E-state index contributed by atoms with van der Waals surface area (Å²) in [6.07, 6.45) is 2.67. The number of carboxylic acid groups (broad SMARTS) is 1. The molecule has 1 aliphatic rings. The maximum Gasteiger partial charge on any atom is 0.487 e. The Labute approximate surface area is 122 Å². The van der Waals surface area contributed by atoms with Gasteiger partial charge in [-0.25, -0.2) is 4.79 Å². The van der Waals surface area contributed by atoms with Crippen LogP contribution >= 0.6 is 0 Å². The van der Waals surface area contributed by atoms with Crippen molar-refractivity contribution in [1.29, 1.82) is 0 Å². The van der Waals surface area contributed by atoms with E-state index in [0.717, 1.165) is 6.20 Å². The average Bonchev–Trinajstić information content (AvgIpc) is 2.56. The summed E-state index contributed by atoms with van der Waals surface area (Å²) in [6.45, 7) is 7.72. The molecule has 0 unspecified atom stereocenters. The van der Waals surface area contributed by atoms with Crippen LogP contribution in [0.25, 0.3) is 6.08 Å². The van der Waals surface area contributed by atoms with Crippen LogP contribution < -0.4 is 5.56 Å². The van der Waals surface area contributed by atoms with Gasteiger partial charge in [-0.3, -0.25) is 4.79 Å². The fourth-order valence-electron chi connectivity index (χ4n) is 1.90. The molecule has 21 heavy (non-hydrogen) atoms. The Morgan fingerprint density at radius 1 is 1.29 bits per heavy atom. The Bertz CT molecular complexity index is 631.